The van der Waals surface area contributed by atoms with E-state index in [1.54, 1.807) is 6.20 Å². The van der Waals surface area contributed by atoms with Gasteiger partial charge in [-0.1, -0.05) is 38.0 Å². The molecule has 1 heterocycles. The van der Waals surface area contributed by atoms with Crippen molar-refractivity contribution in [3.05, 3.63) is 36.2 Å². The molecule has 0 saturated carbocycles. The monoisotopic (exact) mass is 161 g/mol. The zero-order valence-electron chi connectivity index (χ0n) is 7.53. The highest BCUT2D eigenvalue weighted by Crippen LogP contribution is 2.02. The molecule has 64 valence electrons. The quantitative estimate of drug-likeness (QED) is 0.617. The molecule has 0 amide bonds. The Morgan fingerprint density at radius 2 is 2.42 bits per heavy atom. The molecular weight excluding hydrogens is 146 g/mol. The normalized spacial score (nSPS) is 10.8. The molecule has 0 unspecified atom stereocenters. The van der Waals surface area contributed by atoms with Gasteiger partial charge >= 0.3 is 0 Å². The lowest BCUT2D eigenvalue weighted by Crippen LogP contribution is -1.73. The van der Waals surface area contributed by atoms with Gasteiger partial charge in [-0.2, -0.15) is 0 Å². The second-order valence-electron chi connectivity index (χ2n) is 2.83. The van der Waals surface area contributed by atoms with Gasteiger partial charge in [0.2, 0.25) is 0 Å². The summed E-state index contributed by atoms with van der Waals surface area (Å²) in [5.74, 6) is 0. The Morgan fingerprint density at radius 3 is 3.08 bits per heavy atom. The van der Waals surface area contributed by atoms with Crippen LogP contribution < -0.4 is 0 Å². The second kappa shape index (κ2) is 5.53. The van der Waals surface area contributed by atoms with Crippen LogP contribution >= 0.6 is 0 Å². The van der Waals surface area contributed by atoms with Crippen molar-refractivity contribution in [2.45, 2.75) is 26.2 Å². The SMILES string of the molecule is CCCCC=Cc1cccnc1. The van der Waals surface area contributed by atoms with E-state index in [1.807, 2.05) is 12.3 Å². The molecule has 1 rings (SSSR count). The first-order chi connectivity index (χ1) is 5.93. The molecule has 0 aliphatic heterocycles. The number of pyridine rings is 1. The smallest absolute Gasteiger partial charge is 0.0340 e. The summed E-state index contributed by atoms with van der Waals surface area (Å²) in [6.45, 7) is 2.21. The number of allylic oxidation sites excluding steroid dienone is 1. The van der Waals surface area contributed by atoms with Gasteiger partial charge in [0.15, 0.2) is 0 Å². The molecule has 0 aromatic carbocycles. The van der Waals surface area contributed by atoms with Crippen LogP contribution in [0.5, 0.6) is 0 Å². The molecule has 0 saturated heterocycles. The Morgan fingerprint density at radius 1 is 1.50 bits per heavy atom. The first-order valence-electron chi connectivity index (χ1n) is 4.50. The third-order valence-electron chi connectivity index (χ3n) is 1.72. The zero-order chi connectivity index (χ0) is 8.65. The van der Waals surface area contributed by atoms with Crippen molar-refractivity contribution in [2.24, 2.45) is 0 Å². The molecule has 0 fully saturated rings. The summed E-state index contributed by atoms with van der Waals surface area (Å²) >= 11 is 0. The number of nitrogens with zero attached hydrogens (tertiary/aromatic N) is 1. The van der Waals surface area contributed by atoms with E-state index >= 15 is 0 Å². The molecule has 1 aromatic heterocycles. The van der Waals surface area contributed by atoms with E-state index in [0.717, 1.165) is 0 Å². The summed E-state index contributed by atoms with van der Waals surface area (Å²) < 4.78 is 0. The molecule has 0 bridgehead atoms. The molecule has 0 spiro atoms. The highest BCUT2D eigenvalue weighted by atomic mass is 14.6. The van der Waals surface area contributed by atoms with Crippen LogP contribution in [0.15, 0.2) is 30.6 Å². The highest BCUT2D eigenvalue weighted by molar-refractivity contribution is 5.46. The van der Waals surface area contributed by atoms with Gasteiger partial charge in [0.1, 0.15) is 0 Å². The zero-order valence-corrected chi connectivity index (χ0v) is 7.53. The molecule has 0 atom stereocenters. The minimum absolute atomic E-state index is 1.17. The molecule has 0 N–H and O–H groups in total. The van der Waals surface area contributed by atoms with Crippen molar-refractivity contribution in [3.63, 3.8) is 0 Å². The Balaban J connectivity index is 2.36. The van der Waals surface area contributed by atoms with E-state index in [1.165, 1.54) is 24.8 Å². The Hall–Kier alpha value is -1.11. The third-order valence-corrected chi connectivity index (χ3v) is 1.72. The Labute approximate surface area is 74.2 Å². The number of hydrogen-bond acceptors (Lipinski definition) is 1. The molecule has 0 aliphatic rings. The van der Waals surface area contributed by atoms with Crippen molar-refractivity contribution in [3.8, 4) is 0 Å². The van der Waals surface area contributed by atoms with Gasteiger partial charge in [-0.05, 0) is 18.1 Å². The van der Waals surface area contributed by atoms with Gasteiger partial charge in [-0.15, -0.1) is 0 Å². The molecular formula is C11H15N. The van der Waals surface area contributed by atoms with Crippen LogP contribution in [0.2, 0.25) is 0 Å². The second-order valence-corrected chi connectivity index (χ2v) is 2.83. The van der Waals surface area contributed by atoms with Crippen LogP contribution in [-0.2, 0) is 0 Å². The van der Waals surface area contributed by atoms with E-state index in [-0.39, 0.29) is 0 Å². The molecule has 1 aromatic rings. The maximum Gasteiger partial charge on any atom is 0.0340 e. The lowest BCUT2D eigenvalue weighted by molar-refractivity contribution is 0.816. The average molecular weight is 161 g/mol. The number of hydrogen-bond donors (Lipinski definition) is 0. The number of rotatable bonds is 4. The summed E-state index contributed by atoms with van der Waals surface area (Å²) in [4.78, 5) is 4.03. The van der Waals surface area contributed by atoms with E-state index in [2.05, 4.69) is 30.1 Å². The van der Waals surface area contributed by atoms with Gasteiger partial charge in [-0.25, -0.2) is 0 Å². The lowest BCUT2D eigenvalue weighted by Gasteiger charge is -1.90. The van der Waals surface area contributed by atoms with Crippen molar-refractivity contribution in [1.82, 2.24) is 4.98 Å². The van der Waals surface area contributed by atoms with Crippen LogP contribution in [-0.4, -0.2) is 4.98 Å². The summed E-state index contributed by atoms with van der Waals surface area (Å²) in [5, 5.41) is 0. The highest BCUT2D eigenvalue weighted by Gasteiger charge is 1.82. The molecule has 0 aliphatic carbocycles. The minimum Gasteiger partial charge on any atom is -0.264 e. The number of aromatic nitrogens is 1. The topological polar surface area (TPSA) is 12.9 Å². The van der Waals surface area contributed by atoms with Crippen LogP contribution in [0.25, 0.3) is 6.08 Å². The van der Waals surface area contributed by atoms with Crippen molar-refractivity contribution >= 4 is 6.08 Å². The molecule has 1 heteroatoms. The summed E-state index contributed by atoms with van der Waals surface area (Å²) in [6.07, 6.45) is 11.7. The van der Waals surface area contributed by atoms with Crippen molar-refractivity contribution in [1.29, 1.82) is 0 Å². The Kier molecular flexibility index (Phi) is 4.14. The van der Waals surface area contributed by atoms with Crippen molar-refractivity contribution < 1.29 is 0 Å². The van der Waals surface area contributed by atoms with E-state index < -0.39 is 0 Å². The number of unbranched alkanes of at least 4 members (excludes halogenated alkanes) is 2. The Bertz CT molecular complexity index is 226. The van der Waals surface area contributed by atoms with Gasteiger partial charge in [0.05, 0.1) is 0 Å². The maximum atomic E-state index is 4.03. The van der Waals surface area contributed by atoms with Gasteiger partial charge in [0.25, 0.3) is 0 Å². The van der Waals surface area contributed by atoms with E-state index in [9.17, 15) is 0 Å². The largest absolute Gasteiger partial charge is 0.264 e. The fourth-order valence-corrected chi connectivity index (χ4v) is 1.02. The van der Waals surface area contributed by atoms with E-state index in [4.69, 9.17) is 0 Å². The first kappa shape index (κ1) is 8.98. The molecule has 12 heavy (non-hydrogen) atoms. The van der Waals surface area contributed by atoms with Crippen LogP contribution in [0, 0.1) is 0 Å². The maximum absolute atomic E-state index is 4.03. The van der Waals surface area contributed by atoms with E-state index in [0.29, 0.717) is 0 Å². The standard InChI is InChI=1S/C11H15N/c1-2-3-4-5-7-11-8-6-9-12-10-11/h5-10H,2-4H2,1H3. The summed E-state index contributed by atoms with van der Waals surface area (Å²) in [7, 11) is 0. The molecule has 0 radical (unpaired) electrons. The van der Waals surface area contributed by atoms with Crippen LogP contribution in [0.4, 0.5) is 0 Å². The average Bonchev–Trinajstić information content (AvgIpc) is 2.14. The van der Waals surface area contributed by atoms with Gasteiger partial charge in [0, 0.05) is 12.4 Å². The summed E-state index contributed by atoms with van der Waals surface area (Å²) in [6, 6.07) is 4.02. The fourth-order valence-electron chi connectivity index (χ4n) is 1.02. The van der Waals surface area contributed by atoms with Crippen molar-refractivity contribution in [2.75, 3.05) is 0 Å². The fraction of sp³-hybridized carbons (Fsp3) is 0.364. The minimum atomic E-state index is 1.17. The van der Waals surface area contributed by atoms with Gasteiger partial charge < -0.3 is 0 Å². The van der Waals surface area contributed by atoms with Crippen LogP contribution in [0.3, 0.4) is 0 Å². The van der Waals surface area contributed by atoms with Crippen LogP contribution in [0.1, 0.15) is 31.7 Å². The predicted molar refractivity (Wildman–Crippen MR) is 52.8 cm³/mol. The third kappa shape index (κ3) is 3.33. The molecule has 1 nitrogen and oxygen atoms in total. The first-order valence-corrected chi connectivity index (χ1v) is 4.50. The summed E-state index contributed by atoms with van der Waals surface area (Å²) in [5.41, 5.74) is 1.19. The lowest BCUT2D eigenvalue weighted by atomic mass is 10.2. The predicted octanol–water partition coefficient (Wildman–Crippen LogP) is 3.29. The van der Waals surface area contributed by atoms with Gasteiger partial charge in [-0.3, -0.25) is 4.98 Å².